The van der Waals surface area contributed by atoms with E-state index in [-0.39, 0.29) is 0 Å². The fourth-order valence-electron chi connectivity index (χ4n) is 0.590. The Morgan fingerprint density at radius 3 is 2.90 bits per heavy atom. The molecule has 0 N–H and O–H groups in total. The highest BCUT2D eigenvalue weighted by atomic mass is 19.1. The Balaban J connectivity index is 3.06. The second-order valence-electron chi connectivity index (χ2n) is 1.67. The summed E-state index contributed by atoms with van der Waals surface area (Å²) in [6.45, 7) is 0. The van der Waals surface area contributed by atoms with Gasteiger partial charge in [-0.3, -0.25) is 0 Å². The number of hydrogen-bond donors (Lipinski definition) is 0. The largest absolute Gasteiger partial charge is 0.207 e. The van der Waals surface area contributed by atoms with Gasteiger partial charge < -0.3 is 0 Å². The van der Waals surface area contributed by atoms with Gasteiger partial charge in [-0.05, 0) is 17.7 Å². The van der Waals surface area contributed by atoms with Crippen LogP contribution in [0.5, 0.6) is 0 Å². The smallest absolute Gasteiger partial charge is 0.123 e. The minimum atomic E-state index is -0.398. The molecule has 0 aliphatic rings. The standard InChI is InChI=1S/C6H4FN3/c7-5-2-1-3-6(4-5)9-10-8/h1-4H. The molecule has 0 bridgehead atoms. The lowest BCUT2D eigenvalue weighted by Crippen LogP contribution is -1.68. The number of halogens is 1. The Morgan fingerprint density at radius 1 is 1.50 bits per heavy atom. The summed E-state index contributed by atoms with van der Waals surface area (Å²) >= 11 is 0. The zero-order valence-corrected chi connectivity index (χ0v) is 5.03. The lowest BCUT2D eigenvalue weighted by Gasteiger charge is -1.88. The van der Waals surface area contributed by atoms with Crippen molar-refractivity contribution in [3.8, 4) is 0 Å². The van der Waals surface area contributed by atoms with Gasteiger partial charge in [0.1, 0.15) is 5.82 Å². The van der Waals surface area contributed by atoms with Crippen LogP contribution in [-0.2, 0) is 0 Å². The van der Waals surface area contributed by atoms with E-state index in [0.29, 0.717) is 5.69 Å². The van der Waals surface area contributed by atoms with Crippen LogP contribution in [0.3, 0.4) is 0 Å². The molecule has 0 atom stereocenters. The summed E-state index contributed by atoms with van der Waals surface area (Å²) in [6, 6.07) is 5.47. The van der Waals surface area contributed by atoms with Gasteiger partial charge in [-0.1, -0.05) is 17.2 Å². The third-order valence-corrected chi connectivity index (χ3v) is 0.968. The van der Waals surface area contributed by atoms with E-state index in [9.17, 15) is 4.39 Å². The van der Waals surface area contributed by atoms with Crippen molar-refractivity contribution in [3.63, 3.8) is 0 Å². The van der Waals surface area contributed by atoms with Crippen molar-refractivity contribution in [3.05, 3.63) is 40.5 Å². The monoisotopic (exact) mass is 137 g/mol. The molecule has 1 aromatic carbocycles. The van der Waals surface area contributed by atoms with Crippen LogP contribution >= 0.6 is 0 Å². The zero-order valence-electron chi connectivity index (χ0n) is 5.03. The zero-order chi connectivity index (χ0) is 7.40. The minimum absolute atomic E-state index is 0.294. The van der Waals surface area contributed by atoms with E-state index < -0.39 is 5.82 Å². The van der Waals surface area contributed by atoms with E-state index in [1.54, 1.807) is 0 Å². The molecule has 0 saturated carbocycles. The van der Waals surface area contributed by atoms with E-state index in [0.717, 1.165) is 0 Å². The topological polar surface area (TPSA) is 48.8 Å². The molecular weight excluding hydrogens is 133 g/mol. The van der Waals surface area contributed by atoms with Gasteiger partial charge in [0.25, 0.3) is 0 Å². The average molecular weight is 137 g/mol. The normalized spacial score (nSPS) is 8.50. The SMILES string of the molecule is [N-]=[N+]=Nc1cccc(F)c1. The fourth-order valence-corrected chi connectivity index (χ4v) is 0.590. The van der Waals surface area contributed by atoms with Crippen molar-refractivity contribution in [2.24, 2.45) is 5.11 Å². The minimum Gasteiger partial charge on any atom is -0.207 e. The molecule has 0 unspecified atom stereocenters. The molecule has 0 amide bonds. The Bertz CT molecular complexity index is 278. The summed E-state index contributed by atoms with van der Waals surface area (Å²) in [5, 5.41) is 3.21. The molecule has 0 heterocycles. The maximum atomic E-state index is 12.3. The molecule has 0 aromatic heterocycles. The number of hydrogen-bond acceptors (Lipinski definition) is 1. The fraction of sp³-hybridized carbons (Fsp3) is 0. The molecule has 1 aromatic rings. The summed E-state index contributed by atoms with van der Waals surface area (Å²) in [5.41, 5.74) is 8.24. The molecule has 0 aliphatic carbocycles. The molecule has 0 spiro atoms. The molecular formula is C6H4FN3. The third-order valence-electron chi connectivity index (χ3n) is 0.968. The lowest BCUT2D eigenvalue weighted by molar-refractivity contribution is 0.628. The predicted molar refractivity (Wildman–Crippen MR) is 35.2 cm³/mol. The van der Waals surface area contributed by atoms with Crippen LogP contribution < -0.4 is 0 Å². The van der Waals surface area contributed by atoms with E-state index in [2.05, 4.69) is 10.0 Å². The van der Waals surface area contributed by atoms with E-state index in [1.165, 1.54) is 24.3 Å². The Kier molecular flexibility index (Phi) is 1.87. The second kappa shape index (κ2) is 2.85. The summed E-state index contributed by atoms with van der Waals surface area (Å²) in [5.74, 6) is -0.398. The highest BCUT2D eigenvalue weighted by molar-refractivity contribution is 5.36. The van der Waals surface area contributed by atoms with Crippen molar-refractivity contribution in [1.29, 1.82) is 0 Å². The summed E-state index contributed by atoms with van der Waals surface area (Å²) in [4.78, 5) is 2.51. The van der Waals surface area contributed by atoms with E-state index >= 15 is 0 Å². The first-order valence-corrected chi connectivity index (χ1v) is 2.63. The Morgan fingerprint density at radius 2 is 2.30 bits per heavy atom. The van der Waals surface area contributed by atoms with Gasteiger partial charge in [-0.15, -0.1) is 0 Å². The first-order valence-electron chi connectivity index (χ1n) is 2.63. The first-order chi connectivity index (χ1) is 4.83. The quantitative estimate of drug-likeness (QED) is 0.324. The van der Waals surface area contributed by atoms with Crippen LogP contribution in [-0.4, -0.2) is 0 Å². The van der Waals surface area contributed by atoms with Gasteiger partial charge >= 0.3 is 0 Å². The van der Waals surface area contributed by atoms with Gasteiger partial charge in [0.05, 0.1) is 0 Å². The van der Waals surface area contributed by atoms with Crippen molar-refractivity contribution in [2.45, 2.75) is 0 Å². The van der Waals surface area contributed by atoms with Gasteiger partial charge in [0.2, 0.25) is 0 Å². The van der Waals surface area contributed by atoms with Crippen LogP contribution in [0.25, 0.3) is 10.4 Å². The van der Waals surface area contributed by atoms with Crippen molar-refractivity contribution in [2.75, 3.05) is 0 Å². The molecule has 0 aliphatic heterocycles. The van der Waals surface area contributed by atoms with E-state index in [4.69, 9.17) is 5.53 Å². The average Bonchev–Trinajstić information content (AvgIpc) is 1.88. The van der Waals surface area contributed by atoms with Crippen molar-refractivity contribution in [1.82, 2.24) is 0 Å². The molecule has 10 heavy (non-hydrogen) atoms. The lowest BCUT2D eigenvalue weighted by atomic mass is 10.3. The van der Waals surface area contributed by atoms with Gasteiger partial charge in [-0.2, -0.15) is 0 Å². The third kappa shape index (κ3) is 1.47. The summed E-state index contributed by atoms with van der Waals surface area (Å²) < 4.78 is 12.3. The number of benzene rings is 1. The number of nitrogens with zero attached hydrogens (tertiary/aromatic N) is 3. The Hall–Kier alpha value is -1.54. The van der Waals surface area contributed by atoms with Crippen molar-refractivity contribution >= 4 is 5.69 Å². The summed E-state index contributed by atoms with van der Waals surface area (Å²) in [6.07, 6.45) is 0. The van der Waals surface area contributed by atoms with Crippen LogP contribution in [0.15, 0.2) is 29.4 Å². The Labute approximate surface area is 56.7 Å². The highest BCUT2D eigenvalue weighted by Crippen LogP contribution is 2.12. The molecule has 50 valence electrons. The van der Waals surface area contributed by atoms with Gasteiger partial charge in [0, 0.05) is 10.6 Å². The highest BCUT2D eigenvalue weighted by Gasteiger charge is 1.88. The van der Waals surface area contributed by atoms with Crippen molar-refractivity contribution < 1.29 is 4.39 Å². The van der Waals surface area contributed by atoms with E-state index in [1.807, 2.05) is 0 Å². The molecule has 1 rings (SSSR count). The number of rotatable bonds is 1. The molecule has 0 saturated heterocycles. The first kappa shape index (κ1) is 6.58. The number of azide groups is 1. The van der Waals surface area contributed by atoms with Gasteiger partial charge in [-0.25, -0.2) is 4.39 Å². The summed E-state index contributed by atoms with van der Waals surface area (Å²) in [7, 11) is 0. The van der Waals surface area contributed by atoms with Crippen LogP contribution in [0.2, 0.25) is 0 Å². The van der Waals surface area contributed by atoms with Crippen LogP contribution in [0.4, 0.5) is 10.1 Å². The van der Waals surface area contributed by atoms with Crippen LogP contribution in [0, 0.1) is 5.82 Å². The van der Waals surface area contributed by atoms with Crippen LogP contribution in [0.1, 0.15) is 0 Å². The predicted octanol–water partition coefficient (Wildman–Crippen LogP) is 2.77. The van der Waals surface area contributed by atoms with Gasteiger partial charge in [0.15, 0.2) is 0 Å². The maximum absolute atomic E-state index is 12.3. The molecule has 4 heteroatoms. The molecule has 0 radical (unpaired) electrons. The maximum Gasteiger partial charge on any atom is 0.123 e. The second-order valence-corrected chi connectivity index (χ2v) is 1.67. The molecule has 0 fully saturated rings. The molecule has 3 nitrogen and oxygen atoms in total.